The van der Waals surface area contributed by atoms with Crippen LogP contribution in [0.25, 0.3) is 11.0 Å². The van der Waals surface area contributed by atoms with Crippen molar-refractivity contribution in [1.29, 1.82) is 0 Å². The third-order valence-electron chi connectivity index (χ3n) is 8.60. The molecule has 40 heavy (non-hydrogen) atoms. The van der Waals surface area contributed by atoms with Gasteiger partial charge in [-0.15, -0.1) is 0 Å². The van der Waals surface area contributed by atoms with Crippen LogP contribution >= 0.6 is 0 Å². The van der Waals surface area contributed by atoms with Gasteiger partial charge in [0.05, 0.1) is 5.69 Å². The molecule has 1 aliphatic carbocycles. The number of ether oxygens (including phenoxy) is 1. The average Bonchev–Trinajstić information content (AvgIpc) is 3.40. The number of carbonyl (C=O) groups is 1. The summed E-state index contributed by atoms with van der Waals surface area (Å²) in [5, 5.41) is 8.44. The molecule has 0 radical (unpaired) electrons. The molecule has 2 heterocycles. The van der Waals surface area contributed by atoms with E-state index in [1.165, 1.54) is 31.4 Å². The SMILES string of the molecule is O=C(NC[C@@H]1CCCC[C@H]1CN1CCC(c2noc3cc(F)ccc23)CC1)c1cccc(Oc2ccccc2)c1. The summed E-state index contributed by atoms with van der Waals surface area (Å²) in [5.74, 6) is 2.45. The highest BCUT2D eigenvalue weighted by Gasteiger charge is 2.30. The molecule has 1 N–H and O–H groups in total. The fourth-order valence-corrected chi connectivity index (χ4v) is 6.39. The fourth-order valence-electron chi connectivity index (χ4n) is 6.39. The van der Waals surface area contributed by atoms with Crippen molar-refractivity contribution in [2.24, 2.45) is 11.8 Å². The highest BCUT2D eigenvalue weighted by atomic mass is 19.1. The van der Waals surface area contributed by atoms with Crippen LogP contribution < -0.4 is 10.1 Å². The summed E-state index contributed by atoms with van der Waals surface area (Å²) in [7, 11) is 0. The van der Waals surface area contributed by atoms with Crippen LogP contribution in [0.15, 0.2) is 77.3 Å². The highest BCUT2D eigenvalue weighted by Crippen LogP contribution is 2.35. The van der Waals surface area contributed by atoms with Gasteiger partial charge in [0.25, 0.3) is 5.91 Å². The van der Waals surface area contributed by atoms with Crippen molar-refractivity contribution in [2.45, 2.75) is 44.4 Å². The van der Waals surface area contributed by atoms with Gasteiger partial charge in [0.15, 0.2) is 5.58 Å². The number of carbonyl (C=O) groups excluding carboxylic acids is 1. The maximum Gasteiger partial charge on any atom is 0.251 e. The summed E-state index contributed by atoms with van der Waals surface area (Å²) >= 11 is 0. The second kappa shape index (κ2) is 12.2. The second-order valence-electron chi connectivity index (χ2n) is 11.2. The summed E-state index contributed by atoms with van der Waals surface area (Å²) < 4.78 is 24.9. The standard InChI is InChI=1S/C33H36FN3O3/c34-27-13-14-30-31(20-27)40-36-32(30)23-15-17-37(18-16-23)22-26-8-5-4-7-25(26)21-35-33(38)24-9-6-12-29(19-24)39-28-10-2-1-3-11-28/h1-3,6,9-14,19-20,23,25-26H,4-5,7-8,15-18,21-22H2,(H,35,38)/t25-,26-/m0/s1. The van der Waals surface area contributed by atoms with Gasteiger partial charge in [-0.3, -0.25) is 4.79 Å². The van der Waals surface area contributed by atoms with E-state index >= 15 is 0 Å². The smallest absolute Gasteiger partial charge is 0.251 e. The molecular weight excluding hydrogens is 505 g/mol. The number of fused-ring (bicyclic) bond motifs is 1. The van der Waals surface area contributed by atoms with Gasteiger partial charge in [-0.2, -0.15) is 0 Å². The summed E-state index contributed by atoms with van der Waals surface area (Å²) in [6.07, 6.45) is 6.88. The summed E-state index contributed by atoms with van der Waals surface area (Å²) in [6, 6.07) is 21.7. The first-order valence-corrected chi connectivity index (χ1v) is 14.5. The zero-order chi connectivity index (χ0) is 27.3. The van der Waals surface area contributed by atoms with Crippen molar-refractivity contribution in [3.63, 3.8) is 0 Å². The van der Waals surface area contributed by atoms with Gasteiger partial charge in [-0.05, 0) is 93.1 Å². The number of para-hydroxylation sites is 1. The van der Waals surface area contributed by atoms with E-state index in [2.05, 4.69) is 15.4 Å². The predicted octanol–water partition coefficient (Wildman–Crippen LogP) is 7.18. The van der Waals surface area contributed by atoms with E-state index in [0.29, 0.717) is 41.2 Å². The van der Waals surface area contributed by atoms with E-state index in [1.807, 2.05) is 48.5 Å². The quantitative estimate of drug-likeness (QED) is 0.256. The lowest BCUT2D eigenvalue weighted by molar-refractivity contribution is 0.0912. The van der Waals surface area contributed by atoms with Crippen molar-refractivity contribution in [1.82, 2.24) is 15.4 Å². The predicted molar refractivity (Wildman–Crippen MR) is 153 cm³/mol. The highest BCUT2D eigenvalue weighted by molar-refractivity contribution is 5.94. The molecule has 2 atom stereocenters. The lowest BCUT2D eigenvalue weighted by Crippen LogP contribution is -2.42. The van der Waals surface area contributed by atoms with Crippen LogP contribution in [0.2, 0.25) is 0 Å². The third-order valence-corrected chi connectivity index (χ3v) is 8.60. The summed E-state index contributed by atoms with van der Waals surface area (Å²) in [4.78, 5) is 15.6. The van der Waals surface area contributed by atoms with Gasteiger partial charge in [-0.25, -0.2) is 4.39 Å². The van der Waals surface area contributed by atoms with Crippen molar-refractivity contribution >= 4 is 16.9 Å². The Morgan fingerprint density at radius 3 is 2.52 bits per heavy atom. The summed E-state index contributed by atoms with van der Waals surface area (Å²) in [6.45, 7) is 3.80. The molecule has 2 fully saturated rings. The molecule has 1 saturated carbocycles. The first-order valence-electron chi connectivity index (χ1n) is 14.5. The lowest BCUT2D eigenvalue weighted by atomic mass is 9.78. The molecule has 0 bridgehead atoms. The fraction of sp³-hybridized carbons (Fsp3) is 0.394. The Labute approximate surface area is 234 Å². The van der Waals surface area contributed by atoms with E-state index in [4.69, 9.17) is 9.26 Å². The Hall–Kier alpha value is -3.71. The Balaban J connectivity index is 1.01. The van der Waals surface area contributed by atoms with Crippen LogP contribution in [-0.2, 0) is 0 Å². The minimum atomic E-state index is -0.297. The minimum absolute atomic E-state index is 0.0524. The van der Waals surface area contributed by atoms with Crippen LogP contribution in [0.4, 0.5) is 4.39 Å². The Bertz CT molecular complexity index is 1430. The number of hydrogen-bond donors (Lipinski definition) is 1. The number of halogens is 1. The number of hydrogen-bond acceptors (Lipinski definition) is 5. The number of nitrogens with zero attached hydrogens (tertiary/aromatic N) is 2. The average molecular weight is 542 g/mol. The van der Waals surface area contributed by atoms with Gasteiger partial charge in [0, 0.05) is 36.0 Å². The third kappa shape index (κ3) is 6.20. The molecule has 1 aliphatic heterocycles. The van der Waals surface area contributed by atoms with Gasteiger partial charge in [0.2, 0.25) is 0 Å². The molecule has 7 heteroatoms. The van der Waals surface area contributed by atoms with Crippen molar-refractivity contribution in [2.75, 3.05) is 26.2 Å². The first kappa shape index (κ1) is 26.5. The van der Waals surface area contributed by atoms with E-state index in [9.17, 15) is 9.18 Å². The number of piperidine rings is 1. The van der Waals surface area contributed by atoms with Crippen molar-refractivity contribution in [3.05, 3.63) is 89.9 Å². The van der Waals surface area contributed by atoms with Crippen LogP contribution in [-0.4, -0.2) is 42.1 Å². The molecule has 0 spiro atoms. The Morgan fingerprint density at radius 2 is 1.70 bits per heavy atom. The lowest BCUT2D eigenvalue weighted by Gasteiger charge is -2.38. The number of nitrogens with one attached hydrogen (secondary N) is 1. The van der Waals surface area contributed by atoms with Crippen molar-refractivity contribution < 1.29 is 18.4 Å². The monoisotopic (exact) mass is 541 g/mol. The first-order chi connectivity index (χ1) is 19.6. The molecule has 1 amide bonds. The molecule has 0 unspecified atom stereocenters. The van der Waals surface area contributed by atoms with Gasteiger partial charge < -0.3 is 19.5 Å². The van der Waals surface area contributed by atoms with E-state index in [1.54, 1.807) is 12.1 Å². The number of benzene rings is 3. The molecule has 208 valence electrons. The molecule has 2 aliphatic rings. The number of aromatic nitrogens is 1. The van der Waals surface area contributed by atoms with E-state index < -0.39 is 0 Å². The van der Waals surface area contributed by atoms with Gasteiger partial charge >= 0.3 is 0 Å². The van der Waals surface area contributed by atoms with Crippen LogP contribution in [0, 0.1) is 17.7 Å². The van der Waals surface area contributed by atoms with Gasteiger partial charge in [0.1, 0.15) is 17.3 Å². The largest absolute Gasteiger partial charge is 0.457 e. The van der Waals surface area contributed by atoms with Crippen LogP contribution in [0.1, 0.15) is 60.5 Å². The zero-order valence-electron chi connectivity index (χ0n) is 22.7. The van der Waals surface area contributed by atoms with Crippen molar-refractivity contribution in [3.8, 4) is 11.5 Å². The summed E-state index contributed by atoms with van der Waals surface area (Å²) in [5.41, 5.74) is 2.11. The van der Waals surface area contributed by atoms with E-state index in [0.717, 1.165) is 55.7 Å². The second-order valence-corrected chi connectivity index (χ2v) is 11.2. The van der Waals surface area contributed by atoms with Crippen LogP contribution in [0.3, 0.4) is 0 Å². The van der Waals surface area contributed by atoms with Crippen LogP contribution in [0.5, 0.6) is 11.5 Å². The minimum Gasteiger partial charge on any atom is -0.457 e. The molecule has 3 aromatic carbocycles. The Kier molecular flexibility index (Phi) is 8.09. The number of likely N-dealkylation sites (tertiary alicyclic amines) is 1. The van der Waals surface area contributed by atoms with E-state index in [-0.39, 0.29) is 11.7 Å². The maximum absolute atomic E-state index is 13.5. The van der Waals surface area contributed by atoms with Gasteiger partial charge in [-0.1, -0.05) is 42.3 Å². The Morgan fingerprint density at radius 1 is 0.925 bits per heavy atom. The molecule has 4 aromatic rings. The maximum atomic E-state index is 13.5. The molecule has 6 rings (SSSR count). The molecule has 1 saturated heterocycles. The molecule has 6 nitrogen and oxygen atoms in total. The zero-order valence-corrected chi connectivity index (χ0v) is 22.7. The topological polar surface area (TPSA) is 67.6 Å². The molecular formula is C33H36FN3O3. The number of rotatable bonds is 8. The molecule has 1 aromatic heterocycles. The number of amides is 1. The normalized spacial score (nSPS) is 20.4.